The van der Waals surface area contributed by atoms with Crippen molar-refractivity contribution in [1.82, 2.24) is 10.1 Å². The fourth-order valence-corrected chi connectivity index (χ4v) is 2.41. The highest BCUT2D eigenvalue weighted by Crippen LogP contribution is 2.17. The highest BCUT2D eigenvalue weighted by molar-refractivity contribution is 7.13. The maximum Gasteiger partial charge on any atom is 0.264 e. The predicted octanol–water partition coefficient (Wildman–Crippen LogP) is 2.63. The Morgan fingerprint density at radius 1 is 1.47 bits per heavy atom. The van der Waals surface area contributed by atoms with E-state index in [2.05, 4.69) is 5.16 Å². The predicted molar refractivity (Wildman–Crippen MR) is 66.1 cm³/mol. The molecule has 0 saturated heterocycles. The van der Waals surface area contributed by atoms with Crippen molar-refractivity contribution in [1.29, 1.82) is 0 Å². The third-order valence-corrected chi connectivity index (χ3v) is 3.36. The molecule has 0 aliphatic carbocycles. The summed E-state index contributed by atoms with van der Waals surface area (Å²) in [6.45, 7) is 4.29. The van der Waals surface area contributed by atoms with E-state index in [-0.39, 0.29) is 5.91 Å². The van der Waals surface area contributed by atoms with Gasteiger partial charge in [-0.3, -0.25) is 4.79 Å². The SMILES string of the molecule is Cc1cc(CN(C)C(=O)c2ccc(C)s2)no1. The van der Waals surface area contributed by atoms with Crippen LogP contribution >= 0.6 is 11.3 Å². The van der Waals surface area contributed by atoms with Gasteiger partial charge in [0.2, 0.25) is 0 Å². The van der Waals surface area contributed by atoms with Gasteiger partial charge in [0, 0.05) is 18.0 Å². The van der Waals surface area contributed by atoms with Crippen molar-refractivity contribution in [3.63, 3.8) is 0 Å². The van der Waals surface area contributed by atoms with Crippen LogP contribution in [0.15, 0.2) is 22.7 Å². The second-order valence-corrected chi connectivity index (χ2v) is 5.29. The number of aryl methyl sites for hydroxylation is 2. The lowest BCUT2D eigenvalue weighted by atomic mass is 10.3. The number of aromatic nitrogens is 1. The second-order valence-electron chi connectivity index (χ2n) is 4.00. The largest absolute Gasteiger partial charge is 0.361 e. The van der Waals surface area contributed by atoms with E-state index >= 15 is 0 Å². The van der Waals surface area contributed by atoms with Crippen LogP contribution < -0.4 is 0 Å². The summed E-state index contributed by atoms with van der Waals surface area (Å²) in [5.41, 5.74) is 0.770. The van der Waals surface area contributed by atoms with E-state index in [0.29, 0.717) is 6.54 Å². The Balaban J connectivity index is 2.05. The van der Waals surface area contributed by atoms with E-state index in [1.807, 2.05) is 32.0 Å². The third kappa shape index (κ3) is 2.74. The molecule has 90 valence electrons. The Bertz CT molecular complexity index is 530. The Hall–Kier alpha value is -1.62. The normalized spacial score (nSPS) is 10.5. The number of carbonyl (C=O) groups is 1. The van der Waals surface area contributed by atoms with Gasteiger partial charge in [0.25, 0.3) is 5.91 Å². The van der Waals surface area contributed by atoms with Gasteiger partial charge >= 0.3 is 0 Å². The van der Waals surface area contributed by atoms with Crippen LogP contribution in [0.3, 0.4) is 0 Å². The molecule has 2 aromatic heterocycles. The van der Waals surface area contributed by atoms with Gasteiger partial charge in [-0.1, -0.05) is 5.16 Å². The first-order valence-corrected chi connectivity index (χ1v) is 6.12. The number of nitrogens with zero attached hydrogens (tertiary/aromatic N) is 2. The summed E-state index contributed by atoms with van der Waals surface area (Å²) < 4.78 is 4.97. The molecule has 17 heavy (non-hydrogen) atoms. The molecule has 0 fully saturated rings. The van der Waals surface area contributed by atoms with Crippen molar-refractivity contribution in [3.05, 3.63) is 39.4 Å². The van der Waals surface area contributed by atoms with Crippen molar-refractivity contribution in [2.24, 2.45) is 0 Å². The molecule has 0 atom stereocenters. The number of amides is 1. The lowest BCUT2D eigenvalue weighted by Crippen LogP contribution is -2.25. The van der Waals surface area contributed by atoms with E-state index in [9.17, 15) is 4.79 Å². The zero-order valence-corrected chi connectivity index (χ0v) is 10.9. The fourth-order valence-electron chi connectivity index (χ4n) is 1.54. The maximum absolute atomic E-state index is 12.0. The van der Waals surface area contributed by atoms with Gasteiger partial charge in [0.05, 0.1) is 11.4 Å². The van der Waals surface area contributed by atoms with Crippen LogP contribution in [-0.4, -0.2) is 23.0 Å². The second kappa shape index (κ2) is 4.71. The number of carbonyl (C=O) groups excluding carboxylic acids is 1. The number of hydrogen-bond acceptors (Lipinski definition) is 4. The topological polar surface area (TPSA) is 46.3 Å². The highest BCUT2D eigenvalue weighted by Gasteiger charge is 2.15. The van der Waals surface area contributed by atoms with Crippen LogP contribution in [0.4, 0.5) is 0 Å². The Labute approximate surface area is 104 Å². The van der Waals surface area contributed by atoms with Crippen LogP contribution in [0, 0.1) is 13.8 Å². The Morgan fingerprint density at radius 3 is 2.76 bits per heavy atom. The lowest BCUT2D eigenvalue weighted by Gasteiger charge is -2.13. The molecule has 2 aromatic rings. The van der Waals surface area contributed by atoms with E-state index in [1.165, 1.54) is 11.3 Å². The standard InChI is InChI=1S/C12H14N2O2S/c1-8-6-10(13-16-8)7-14(3)12(15)11-5-4-9(2)17-11/h4-6H,7H2,1-3H3. The minimum atomic E-state index is 0.0174. The van der Waals surface area contributed by atoms with Gasteiger partial charge in [0.1, 0.15) is 11.5 Å². The summed E-state index contributed by atoms with van der Waals surface area (Å²) in [5, 5.41) is 3.87. The van der Waals surface area contributed by atoms with E-state index < -0.39 is 0 Å². The molecule has 0 N–H and O–H groups in total. The first-order chi connectivity index (χ1) is 8.06. The highest BCUT2D eigenvalue weighted by atomic mass is 32.1. The third-order valence-electron chi connectivity index (χ3n) is 2.37. The van der Waals surface area contributed by atoms with Gasteiger partial charge in [0.15, 0.2) is 0 Å². The van der Waals surface area contributed by atoms with Gasteiger partial charge in [-0.2, -0.15) is 0 Å². The molecule has 0 bridgehead atoms. The molecule has 0 aliphatic rings. The molecule has 5 heteroatoms. The first kappa shape index (κ1) is 11.9. The van der Waals surface area contributed by atoms with Crippen molar-refractivity contribution in [2.45, 2.75) is 20.4 Å². The van der Waals surface area contributed by atoms with Gasteiger partial charge in [-0.25, -0.2) is 0 Å². The van der Waals surface area contributed by atoms with Crippen molar-refractivity contribution >= 4 is 17.2 Å². The number of hydrogen-bond donors (Lipinski definition) is 0. The molecule has 2 rings (SSSR count). The van der Waals surface area contributed by atoms with Crippen LogP contribution in [0.2, 0.25) is 0 Å². The van der Waals surface area contributed by atoms with E-state index in [1.54, 1.807) is 11.9 Å². The molecule has 0 unspecified atom stereocenters. The summed E-state index contributed by atoms with van der Waals surface area (Å²) in [5.74, 6) is 0.775. The van der Waals surface area contributed by atoms with Crippen molar-refractivity contribution in [2.75, 3.05) is 7.05 Å². The van der Waals surface area contributed by atoms with E-state index in [0.717, 1.165) is 21.2 Å². The average molecular weight is 250 g/mol. The van der Waals surface area contributed by atoms with Crippen molar-refractivity contribution < 1.29 is 9.32 Å². The smallest absolute Gasteiger partial charge is 0.264 e. The monoisotopic (exact) mass is 250 g/mol. The Morgan fingerprint density at radius 2 is 2.24 bits per heavy atom. The number of thiophene rings is 1. The molecule has 1 amide bonds. The van der Waals surface area contributed by atoms with Gasteiger partial charge < -0.3 is 9.42 Å². The van der Waals surface area contributed by atoms with Crippen LogP contribution in [0.5, 0.6) is 0 Å². The van der Waals surface area contributed by atoms with Crippen molar-refractivity contribution in [3.8, 4) is 0 Å². The molecule has 0 radical (unpaired) electrons. The minimum absolute atomic E-state index is 0.0174. The molecule has 4 nitrogen and oxygen atoms in total. The first-order valence-electron chi connectivity index (χ1n) is 5.30. The summed E-state index contributed by atoms with van der Waals surface area (Å²) in [6, 6.07) is 5.64. The van der Waals surface area contributed by atoms with Crippen LogP contribution in [-0.2, 0) is 6.54 Å². The molecule has 2 heterocycles. The minimum Gasteiger partial charge on any atom is -0.361 e. The molecule has 0 aliphatic heterocycles. The fraction of sp³-hybridized carbons (Fsp3) is 0.333. The van der Waals surface area contributed by atoms with Gasteiger partial charge in [-0.05, 0) is 26.0 Å². The lowest BCUT2D eigenvalue weighted by molar-refractivity contribution is 0.0787. The molecular weight excluding hydrogens is 236 g/mol. The number of rotatable bonds is 3. The molecular formula is C12H14N2O2S. The van der Waals surface area contributed by atoms with Gasteiger partial charge in [-0.15, -0.1) is 11.3 Å². The van der Waals surface area contributed by atoms with E-state index in [4.69, 9.17) is 4.52 Å². The van der Waals surface area contributed by atoms with Crippen LogP contribution in [0.1, 0.15) is 26.0 Å². The quantitative estimate of drug-likeness (QED) is 0.841. The summed E-state index contributed by atoms with van der Waals surface area (Å²) in [7, 11) is 1.77. The van der Waals surface area contributed by atoms with Crippen LogP contribution in [0.25, 0.3) is 0 Å². The zero-order valence-electron chi connectivity index (χ0n) is 10.1. The Kier molecular flexibility index (Phi) is 3.28. The zero-order chi connectivity index (χ0) is 12.4. The summed E-state index contributed by atoms with van der Waals surface area (Å²) in [4.78, 5) is 15.6. The maximum atomic E-state index is 12.0. The molecule has 0 spiro atoms. The summed E-state index contributed by atoms with van der Waals surface area (Å²) >= 11 is 1.50. The molecule has 0 aromatic carbocycles. The molecule has 0 saturated carbocycles. The average Bonchev–Trinajstić information content (AvgIpc) is 2.87. The summed E-state index contributed by atoms with van der Waals surface area (Å²) in [6.07, 6.45) is 0.